The molecule has 0 saturated carbocycles. The lowest BCUT2D eigenvalue weighted by Gasteiger charge is -2.34. The van der Waals surface area contributed by atoms with Crippen molar-refractivity contribution in [2.45, 2.75) is 32.7 Å². The van der Waals surface area contributed by atoms with Gasteiger partial charge >= 0.3 is 0 Å². The number of hydrogen-bond donors (Lipinski definition) is 1. The number of nitrogens with zero attached hydrogens (tertiary/aromatic N) is 2. The van der Waals surface area contributed by atoms with E-state index in [0.717, 1.165) is 31.5 Å². The van der Waals surface area contributed by atoms with Crippen LogP contribution in [0.25, 0.3) is 0 Å². The van der Waals surface area contributed by atoms with Gasteiger partial charge in [0.1, 0.15) is 0 Å². The molecular formula is C24H31N3O2. The molecule has 3 rings (SSSR count). The second-order valence-corrected chi connectivity index (χ2v) is 7.70. The molecular weight excluding hydrogens is 362 g/mol. The fraction of sp³-hybridized carbons (Fsp3) is 0.417. The van der Waals surface area contributed by atoms with E-state index in [-0.39, 0.29) is 11.8 Å². The minimum absolute atomic E-state index is 0.0379. The van der Waals surface area contributed by atoms with Gasteiger partial charge in [0.05, 0.1) is 6.54 Å². The SMILES string of the molecule is Cc1ccccc1CNC(=O)CN1CCN(C(=O)CCCc2ccccc2)CC1. The number of benzene rings is 2. The van der Waals surface area contributed by atoms with E-state index in [4.69, 9.17) is 0 Å². The molecule has 0 radical (unpaired) electrons. The van der Waals surface area contributed by atoms with Crippen molar-refractivity contribution in [1.29, 1.82) is 0 Å². The number of carbonyl (C=O) groups excluding carboxylic acids is 2. The lowest BCUT2D eigenvalue weighted by molar-refractivity contribution is -0.133. The van der Waals surface area contributed by atoms with Crippen molar-refractivity contribution in [2.75, 3.05) is 32.7 Å². The van der Waals surface area contributed by atoms with Crippen molar-refractivity contribution in [3.05, 3.63) is 71.3 Å². The van der Waals surface area contributed by atoms with Gasteiger partial charge in [-0.2, -0.15) is 0 Å². The number of carbonyl (C=O) groups is 2. The molecule has 0 unspecified atom stereocenters. The van der Waals surface area contributed by atoms with Gasteiger partial charge in [-0.3, -0.25) is 14.5 Å². The van der Waals surface area contributed by atoms with E-state index in [9.17, 15) is 9.59 Å². The molecule has 0 bridgehead atoms. The molecule has 0 aliphatic carbocycles. The minimum atomic E-state index is 0.0379. The Balaban J connectivity index is 1.32. The lowest BCUT2D eigenvalue weighted by Crippen LogP contribution is -2.51. The van der Waals surface area contributed by atoms with Crippen LogP contribution in [0.5, 0.6) is 0 Å². The van der Waals surface area contributed by atoms with Crippen LogP contribution in [-0.4, -0.2) is 54.3 Å². The van der Waals surface area contributed by atoms with Gasteiger partial charge in [-0.1, -0.05) is 54.6 Å². The Hall–Kier alpha value is -2.66. The third-order valence-corrected chi connectivity index (χ3v) is 5.53. The topological polar surface area (TPSA) is 52.7 Å². The predicted molar refractivity (Wildman–Crippen MR) is 115 cm³/mol. The molecule has 1 aliphatic rings. The summed E-state index contributed by atoms with van der Waals surface area (Å²) in [7, 11) is 0. The highest BCUT2D eigenvalue weighted by Crippen LogP contribution is 2.09. The zero-order valence-corrected chi connectivity index (χ0v) is 17.3. The van der Waals surface area contributed by atoms with Gasteiger partial charge in [0.25, 0.3) is 0 Å². The van der Waals surface area contributed by atoms with Crippen LogP contribution in [0.15, 0.2) is 54.6 Å². The number of piperazine rings is 1. The van der Waals surface area contributed by atoms with E-state index in [0.29, 0.717) is 32.6 Å². The van der Waals surface area contributed by atoms with Crippen LogP contribution in [0.3, 0.4) is 0 Å². The molecule has 2 aromatic rings. The first kappa shape index (κ1) is 21.1. The third kappa shape index (κ3) is 6.71. The second kappa shape index (κ2) is 10.8. The molecule has 2 amide bonds. The zero-order chi connectivity index (χ0) is 20.5. The molecule has 0 atom stereocenters. The standard InChI is InChI=1S/C24H31N3O2/c1-20-8-5-6-12-22(20)18-25-23(28)19-26-14-16-27(17-15-26)24(29)13-7-11-21-9-3-2-4-10-21/h2-6,8-10,12H,7,11,13-19H2,1H3,(H,25,28). The van der Waals surface area contributed by atoms with Crippen molar-refractivity contribution in [3.8, 4) is 0 Å². The van der Waals surface area contributed by atoms with Crippen LogP contribution in [0.4, 0.5) is 0 Å². The summed E-state index contributed by atoms with van der Waals surface area (Å²) in [4.78, 5) is 28.8. The maximum absolute atomic E-state index is 12.4. The van der Waals surface area contributed by atoms with Gasteiger partial charge in [0, 0.05) is 39.1 Å². The molecule has 29 heavy (non-hydrogen) atoms. The van der Waals surface area contributed by atoms with Gasteiger partial charge in [0.15, 0.2) is 0 Å². The molecule has 1 fully saturated rings. The molecule has 2 aromatic carbocycles. The quantitative estimate of drug-likeness (QED) is 0.750. The second-order valence-electron chi connectivity index (χ2n) is 7.70. The molecule has 1 saturated heterocycles. The Kier molecular flexibility index (Phi) is 7.82. The molecule has 0 aromatic heterocycles. The van der Waals surface area contributed by atoms with Crippen molar-refractivity contribution < 1.29 is 9.59 Å². The Morgan fingerprint density at radius 2 is 1.62 bits per heavy atom. The number of amides is 2. The van der Waals surface area contributed by atoms with Gasteiger partial charge in [-0.15, -0.1) is 0 Å². The largest absolute Gasteiger partial charge is 0.351 e. The number of nitrogens with one attached hydrogen (secondary N) is 1. The normalized spacial score (nSPS) is 14.6. The molecule has 154 valence electrons. The van der Waals surface area contributed by atoms with Gasteiger partial charge in [0.2, 0.25) is 11.8 Å². The molecule has 1 heterocycles. The summed E-state index contributed by atoms with van der Waals surface area (Å²) >= 11 is 0. The smallest absolute Gasteiger partial charge is 0.234 e. The first-order chi connectivity index (χ1) is 14.1. The van der Waals surface area contributed by atoms with Crippen LogP contribution < -0.4 is 5.32 Å². The maximum Gasteiger partial charge on any atom is 0.234 e. The Morgan fingerprint density at radius 1 is 0.931 bits per heavy atom. The van der Waals surface area contributed by atoms with Crippen molar-refractivity contribution in [3.63, 3.8) is 0 Å². The highest BCUT2D eigenvalue weighted by molar-refractivity contribution is 5.78. The summed E-state index contributed by atoms with van der Waals surface area (Å²) < 4.78 is 0. The number of hydrogen-bond acceptors (Lipinski definition) is 3. The van der Waals surface area contributed by atoms with Crippen molar-refractivity contribution >= 4 is 11.8 Å². The zero-order valence-electron chi connectivity index (χ0n) is 17.3. The lowest BCUT2D eigenvalue weighted by atomic mass is 10.1. The average Bonchev–Trinajstić information content (AvgIpc) is 2.74. The van der Waals surface area contributed by atoms with E-state index in [2.05, 4.69) is 35.3 Å². The van der Waals surface area contributed by atoms with Gasteiger partial charge in [-0.25, -0.2) is 0 Å². The van der Waals surface area contributed by atoms with Crippen LogP contribution in [0.1, 0.15) is 29.5 Å². The summed E-state index contributed by atoms with van der Waals surface area (Å²) in [6, 6.07) is 18.4. The van der Waals surface area contributed by atoms with E-state index >= 15 is 0 Å². The monoisotopic (exact) mass is 393 g/mol. The van der Waals surface area contributed by atoms with Gasteiger partial charge in [-0.05, 0) is 36.5 Å². The summed E-state index contributed by atoms with van der Waals surface area (Å²) in [5.41, 5.74) is 3.61. The summed E-state index contributed by atoms with van der Waals surface area (Å²) in [6.07, 6.45) is 2.41. The summed E-state index contributed by atoms with van der Waals surface area (Å²) in [6.45, 7) is 5.92. The van der Waals surface area contributed by atoms with E-state index < -0.39 is 0 Å². The predicted octanol–water partition coefficient (Wildman–Crippen LogP) is 2.78. The maximum atomic E-state index is 12.4. The van der Waals surface area contributed by atoms with E-state index in [1.807, 2.05) is 41.3 Å². The fourth-order valence-electron chi connectivity index (χ4n) is 3.66. The first-order valence-corrected chi connectivity index (χ1v) is 10.5. The molecule has 5 nitrogen and oxygen atoms in total. The van der Waals surface area contributed by atoms with Crippen LogP contribution in [0.2, 0.25) is 0 Å². The third-order valence-electron chi connectivity index (χ3n) is 5.53. The average molecular weight is 394 g/mol. The highest BCUT2D eigenvalue weighted by atomic mass is 16.2. The van der Waals surface area contributed by atoms with Crippen LogP contribution in [0, 0.1) is 6.92 Å². The fourth-order valence-corrected chi connectivity index (χ4v) is 3.66. The Morgan fingerprint density at radius 3 is 2.34 bits per heavy atom. The Bertz CT molecular complexity index is 799. The van der Waals surface area contributed by atoms with Crippen molar-refractivity contribution in [2.24, 2.45) is 0 Å². The first-order valence-electron chi connectivity index (χ1n) is 10.5. The van der Waals surface area contributed by atoms with E-state index in [1.165, 1.54) is 11.1 Å². The van der Waals surface area contributed by atoms with Crippen LogP contribution in [-0.2, 0) is 22.6 Å². The summed E-state index contributed by atoms with van der Waals surface area (Å²) in [5.74, 6) is 0.264. The van der Waals surface area contributed by atoms with Gasteiger partial charge < -0.3 is 10.2 Å². The number of rotatable bonds is 8. The summed E-state index contributed by atoms with van der Waals surface area (Å²) in [5, 5.41) is 3.00. The number of aryl methyl sites for hydroxylation is 2. The minimum Gasteiger partial charge on any atom is -0.351 e. The molecule has 0 spiro atoms. The molecule has 5 heteroatoms. The van der Waals surface area contributed by atoms with Crippen molar-refractivity contribution in [1.82, 2.24) is 15.1 Å². The van der Waals surface area contributed by atoms with Crippen LogP contribution >= 0.6 is 0 Å². The molecule has 1 aliphatic heterocycles. The van der Waals surface area contributed by atoms with E-state index in [1.54, 1.807) is 0 Å². The Labute approximate surface area is 173 Å². The highest BCUT2D eigenvalue weighted by Gasteiger charge is 2.22. The molecule has 1 N–H and O–H groups in total.